The lowest BCUT2D eigenvalue weighted by Crippen LogP contribution is -2.31. The number of alkyl halides is 3. The van der Waals surface area contributed by atoms with Crippen LogP contribution in [-0.4, -0.2) is 23.3 Å². The summed E-state index contributed by atoms with van der Waals surface area (Å²) in [7, 11) is 0. The predicted molar refractivity (Wildman–Crippen MR) is 62.8 cm³/mol. The van der Waals surface area contributed by atoms with E-state index in [4.69, 9.17) is 15.7 Å². The molecule has 3 N–H and O–H groups in total. The van der Waals surface area contributed by atoms with Crippen molar-refractivity contribution < 1.29 is 23.1 Å². The second-order valence-corrected chi connectivity index (χ2v) is 4.28. The van der Waals surface area contributed by atoms with E-state index in [1.807, 2.05) is 0 Å². The van der Waals surface area contributed by atoms with Gasteiger partial charge in [-0.05, 0) is 41.1 Å². The van der Waals surface area contributed by atoms with Gasteiger partial charge in [-0.25, -0.2) is 0 Å². The molecular formula is C10H10BrF3N2O2. The van der Waals surface area contributed by atoms with Crippen LogP contribution in [0.15, 0.2) is 27.8 Å². The van der Waals surface area contributed by atoms with Gasteiger partial charge in [-0.2, -0.15) is 13.2 Å². The molecule has 0 bridgehead atoms. The van der Waals surface area contributed by atoms with Crippen molar-refractivity contribution in [2.75, 3.05) is 0 Å². The Balaban J connectivity index is 2.92. The van der Waals surface area contributed by atoms with E-state index in [1.165, 1.54) is 18.2 Å². The molecule has 0 radical (unpaired) electrons. The van der Waals surface area contributed by atoms with E-state index in [1.54, 1.807) is 0 Å². The largest absolute Gasteiger partial charge is 0.481 e. The Kier molecular flexibility index (Phi) is 4.44. The highest BCUT2D eigenvalue weighted by molar-refractivity contribution is 9.10. The van der Waals surface area contributed by atoms with Crippen molar-refractivity contribution >= 4 is 21.8 Å². The smallest absolute Gasteiger partial charge is 0.425 e. The standard InChI is InChI=1S/C10H10BrF3N2O2/c1-5(10(12,13)14)18-6-2-3-7(8(11)4-6)9(15)16-17/h2-5,17H,1H3,(H2,15,16). The summed E-state index contributed by atoms with van der Waals surface area (Å²) in [6.07, 6.45) is -6.35. The Labute approximate surface area is 109 Å². The first-order valence-electron chi connectivity index (χ1n) is 4.76. The van der Waals surface area contributed by atoms with E-state index in [2.05, 4.69) is 21.1 Å². The summed E-state index contributed by atoms with van der Waals surface area (Å²) in [5.41, 5.74) is 5.72. The highest BCUT2D eigenvalue weighted by atomic mass is 79.9. The summed E-state index contributed by atoms with van der Waals surface area (Å²) < 4.78 is 42.0. The molecule has 1 unspecified atom stereocenters. The van der Waals surface area contributed by atoms with Crippen LogP contribution in [0.4, 0.5) is 13.2 Å². The first-order chi connectivity index (χ1) is 8.25. The number of oxime groups is 1. The van der Waals surface area contributed by atoms with Gasteiger partial charge in [0.25, 0.3) is 0 Å². The molecule has 100 valence electrons. The van der Waals surface area contributed by atoms with Gasteiger partial charge in [0.15, 0.2) is 11.9 Å². The number of nitrogens with two attached hydrogens (primary N) is 1. The molecule has 0 saturated carbocycles. The SMILES string of the molecule is CC(Oc1ccc(/C(N)=N/O)c(Br)c1)C(F)(F)F. The van der Waals surface area contributed by atoms with Crippen molar-refractivity contribution in [3.05, 3.63) is 28.2 Å². The van der Waals surface area contributed by atoms with E-state index in [9.17, 15) is 13.2 Å². The van der Waals surface area contributed by atoms with Crippen molar-refractivity contribution in [1.29, 1.82) is 0 Å². The normalized spacial score (nSPS) is 14.4. The second kappa shape index (κ2) is 5.47. The number of hydrogen-bond acceptors (Lipinski definition) is 3. The first-order valence-corrected chi connectivity index (χ1v) is 5.56. The summed E-state index contributed by atoms with van der Waals surface area (Å²) in [5.74, 6) is -0.126. The molecule has 4 nitrogen and oxygen atoms in total. The van der Waals surface area contributed by atoms with Crippen LogP contribution in [0, 0.1) is 0 Å². The highest BCUT2D eigenvalue weighted by Gasteiger charge is 2.38. The lowest BCUT2D eigenvalue weighted by atomic mass is 10.2. The molecule has 0 aliphatic carbocycles. The van der Waals surface area contributed by atoms with Crippen LogP contribution in [0.25, 0.3) is 0 Å². The van der Waals surface area contributed by atoms with Crippen LogP contribution >= 0.6 is 15.9 Å². The third-order valence-corrected chi connectivity index (χ3v) is 2.75. The number of ether oxygens (including phenoxy) is 1. The number of hydrogen-bond donors (Lipinski definition) is 2. The Morgan fingerprint density at radius 1 is 1.50 bits per heavy atom. The van der Waals surface area contributed by atoms with Crippen LogP contribution in [-0.2, 0) is 0 Å². The molecule has 1 atom stereocenters. The number of amidine groups is 1. The molecule has 0 aromatic heterocycles. The van der Waals surface area contributed by atoms with E-state index in [0.717, 1.165) is 6.92 Å². The molecular weight excluding hydrogens is 317 g/mol. The maximum absolute atomic E-state index is 12.3. The first kappa shape index (κ1) is 14.6. The van der Waals surface area contributed by atoms with E-state index < -0.39 is 12.3 Å². The van der Waals surface area contributed by atoms with E-state index in [-0.39, 0.29) is 11.6 Å². The number of benzene rings is 1. The molecule has 1 aromatic carbocycles. The average Bonchev–Trinajstić information content (AvgIpc) is 2.27. The minimum Gasteiger partial charge on any atom is -0.481 e. The number of halogens is 4. The van der Waals surface area contributed by atoms with Crippen LogP contribution in [0.2, 0.25) is 0 Å². The Hall–Kier alpha value is -1.44. The zero-order valence-corrected chi connectivity index (χ0v) is 10.8. The average molecular weight is 327 g/mol. The van der Waals surface area contributed by atoms with Gasteiger partial charge in [0.2, 0.25) is 0 Å². The van der Waals surface area contributed by atoms with Crippen molar-refractivity contribution in [2.45, 2.75) is 19.2 Å². The van der Waals surface area contributed by atoms with Crippen LogP contribution < -0.4 is 10.5 Å². The Bertz CT molecular complexity index is 463. The van der Waals surface area contributed by atoms with E-state index in [0.29, 0.717) is 10.0 Å². The zero-order valence-electron chi connectivity index (χ0n) is 9.20. The summed E-state index contributed by atoms with van der Waals surface area (Å²) in [5, 5.41) is 11.3. The minimum absolute atomic E-state index is 0.0289. The fourth-order valence-electron chi connectivity index (χ4n) is 1.10. The molecule has 0 spiro atoms. The van der Waals surface area contributed by atoms with Gasteiger partial charge in [0.05, 0.1) is 0 Å². The molecule has 0 aliphatic rings. The molecule has 1 rings (SSSR count). The Morgan fingerprint density at radius 2 is 2.11 bits per heavy atom. The lowest BCUT2D eigenvalue weighted by molar-refractivity contribution is -0.189. The number of nitrogens with zero attached hydrogens (tertiary/aromatic N) is 1. The molecule has 0 heterocycles. The molecule has 0 fully saturated rings. The van der Waals surface area contributed by atoms with Crippen molar-refractivity contribution in [3.8, 4) is 5.75 Å². The van der Waals surface area contributed by atoms with Crippen LogP contribution in [0.5, 0.6) is 5.75 Å². The third-order valence-electron chi connectivity index (χ3n) is 2.10. The van der Waals surface area contributed by atoms with Crippen molar-refractivity contribution in [2.24, 2.45) is 10.9 Å². The maximum Gasteiger partial charge on any atom is 0.425 e. The fourth-order valence-corrected chi connectivity index (χ4v) is 1.66. The molecule has 8 heteroatoms. The molecule has 18 heavy (non-hydrogen) atoms. The maximum atomic E-state index is 12.3. The summed E-state index contributed by atoms with van der Waals surface area (Å²) in [6.45, 7) is 0.908. The molecule has 0 amide bonds. The molecule has 0 saturated heterocycles. The zero-order chi connectivity index (χ0) is 13.9. The molecule has 1 aromatic rings. The monoisotopic (exact) mass is 326 g/mol. The van der Waals surface area contributed by atoms with Gasteiger partial charge in [-0.15, -0.1) is 0 Å². The van der Waals surface area contributed by atoms with Crippen molar-refractivity contribution in [1.82, 2.24) is 0 Å². The quantitative estimate of drug-likeness (QED) is 0.388. The number of rotatable bonds is 3. The third kappa shape index (κ3) is 3.52. The van der Waals surface area contributed by atoms with Crippen LogP contribution in [0.3, 0.4) is 0 Å². The Morgan fingerprint density at radius 3 is 2.56 bits per heavy atom. The van der Waals surface area contributed by atoms with Gasteiger partial charge in [0.1, 0.15) is 5.75 Å². The van der Waals surface area contributed by atoms with Gasteiger partial charge >= 0.3 is 6.18 Å². The molecule has 0 aliphatic heterocycles. The van der Waals surface area contributed by atoms with E-state index >= 15 is 0 Å². The van der Waals surface area contributed by atoms with Gasteiger partial charge < -0.3 is 15.7 Å². The summed E-state index contributed by atoms with van der Waals surface area (Å²) in [4.78, 5) is 0. The van der Waals surface area contributed by atoms with Crippen LogP contribution in [0.1, 0.15) is 12.5 Å². The second-order valence-electron chi connectivity index (χ2n) is 3.43. The lowest BCUT2D eigenvalue weighted by Gasteiger charge is -2.18. The van der Waals surface area contributed by atoms with Crippen molar-refractivity contribution in [3.63, 3.8) is 0 Å². The van der Waals surface area contributed by atoms with Gasteiger partial charge in [-0.3, -0.25) is 0 Å². The highest BCUT2D eigenvalue weighted by Crippen LogP contribution is 2.28. The summed E-state index contributed by atoms with van der Waals surface area (Å²) >= 11 is 3.10. The van der Waals surface area contributed by atoms with Gasteiger partial charge in [0, 0.05) is 10.0 Å². The predicted octanol–water partition coefficient (Wildman–Crippen LogP) is 2.87. The van der Waals surface area contributed by atoms with Gasteiger partial charge in [-0.1, -0.05) is 5.16 Å². The topological polar surface area (TPSA) is 67.8 Å². The minimum atomic E-state index is -4.43. The summed E-state index contributed by atoms with van der Waals surface area (Å²) in [6, 6.07) is 4.01. The fraction of sp³-hybridized carbons (Fsp3) is 0.300.